The highest BCUT2D eigenvalue weighted by atomic mass is 19.4. The molecule has 302 valence electrons. The summed E-state index contributed by atoms with van der Waals surface area (Å²) in [6.07, 6.45) is 3.47. The van der Waals surface area contributed by atoms with E-state index >= 15 is 0 Å². The predicted molar refractivity (Wildman–Crippen MR) is 208 cm³/mol. The zero-order valence-electron chi connectivity index (χ0n) is 32.0. The second-order valence-corrected chi connectivity index (χ2v) is 15.5. The van der Waals surface area contributed by atoms with Crippen molar-refractivity contribution in [1.29, 1.82) is 0 Å². The number of nitrogens with one attached hydrogen (secondary N) is 6. The van der Waals surface area contributed by atoms with Gasteiger partial charge in [0, 0.05) is 47.2 Å². The molecule has 0 unspecified atom stereocenters. The lowest BCUT2D eigenvalue weighted by Crippen LogP contribution is -2.53. The van der Waals surface area contributed by atoms with Gasteiger partial charge in [-0.1, -0.05) is 56.4 Å². The minimum Gasteiger partial charge on any atom is -0.444 e. The van der Waals surface area contributed by atoms with E-state index in [0.29, 0.717) is 31.7 Å². The van der Waals surface area contributed by atoms with Crippen LogP contribution in [0, 0.1) is 5.92 Å². The van der Waals surface area contributed by atoms with Crippen LogP contribution in [0.4, 0.5) is 23.7 Å². The minimum absolute atomic E-state index is 0.104. The number of halogens is 3. The number of carbonyl (C=O) groups excluding carboxylic acids is 4. The van der Waals surface area contributed by atoms with E-state index in [1.807, 2.05) is 30.5 Å². The molecule has 4 amide bonds. The number of amides is 4. The highest BCUT2D eigenvalue weighted by Gasteiger charge is 2.34. The van der Waals surface area contributed by atoms with Gasteiger partial charge in [0.1, 0.15) is 17.7 Å². The van der Waals surface area contributed by atoms with Gasteiger partial charge in [-0.25, -0.2) is 4.79 Å². The molecule has 5 rings (SSSR count). The summed E-state index contributed by atoms with van der Waals surface area (Å²) in [6.45, 7) is 5.48. The maximum atomic E-state index is 14.1. The first-order valence-corrected chi connectivity index (χ1v) is 19.2. The van der Waals surface area contributed by atoms with Gasteiger partial charge in [-0.2, -0.15) is 13.2 Å². The van der Waals surface area contributed by atoms with Gasteiger partial charge in [0.15, 0.2) is 0 Å². The number of fused-ring (bicyclic) bond motifs is 2. The third kappa shape index (κ3) is 12.1. The van der Waals surface area contributed by atoms with Crippen LogP contribution in [0.2, 0.25) is 0 Å². The molecule has 2 heterocycles. The Morgan fingerprint density at radius 1 is 0.875 bits per heavy atom. The second-order valence-electron chi connectivity index (χ2n) is 15.5. The summed E-state index contributed by atoms with van der Waals surface area (Å²) < 4.78 is 46.3. The normalized spacial score (nSPS) is 14.9. The molecule has 1 fully saturated rings. The van der Waals surface area contributed by atoms with Gasteiger partial charge in [0.25, 0.3) is 0 Å². The predicted octanol–water partition coefficient (Wildman–Crippen LogP) is 7.23. The van der Waals surface area contributed by atoms with Crippen molar-refractivity contribution < 1.29 is 37.1 Å². The number of anilines is 1. The molecule has 15 heteroatoms. The first kappa shape index (κ1) is 41.8. The molecule has 0 spiro atoms. The number of aryl methyl sites for hydroxylation is 1. The number of benzene rings is 2. The standard InChI is InChI=1S/C41H51F3N6O6/c1-40(2,3)56-39(55)45-20-10-9-15-32(37(53)47-27-17-18-29-30(41(42,43)44)23-36(52)48-33(29)22-27)50-38(54)34(21-25-11-5-4-6-12-25)49-35(51)19-16-26-24-46-31-14-8-7-13-28(26)31/h7-8,13-14,17-18,22-25,32,34,46H,4-6,9-12,15-16,19-21H2,1-3H3,(H,45,55)(H,47,53)(H,48,52)(H,49,51)(H,50,54)/t32-,34-/m0/s1. The number of aromatic nitrogens is 2. The van der Waals surface area contributed by atoms with Crippen LogP contribution in [0.25, 0.3) is 21.8 Å². The van der Waals surface area contributed by atoms with Crippen LogP contribution in [0.15, 0.2) is 59.5 Å². The largest absolute Gasteiger partial charge is 0.444 e. The Morgan fingerprint density at radius 3 is 2.36 bits per heavy atom. The van der Waals surface area contributed by atoms with E-state index in [4.69, 9.17) is 4.74 Å². The number of para-hydroxylation sites is 1. The van der Waals surface area contributed by atoms with Crippen LogP contribution in [0.1, 0.15) is 96.1 Å². The molecule has 2 aromatic heterocycles. The molecule has 2 aromatic carbocycles. The number of H-pyrrole nitrogens is 2. The Hall–Kier alpha value is -5.34. The topological polar surface area (TPSA) is 174 Å². The number of alkyl carbamates (subject to hydrolysis) is 1. The summed E-state index contributed by atoms with van der Waals surface area (Å²) in [5.41, 5.74) is -0.814. The number of hydrogen-bond acceptors (Lipinski definition) is 6. The van der Waals surface area contributed by atoms with Crippen molar-refractivity contribution in [1.82, 2.24) is 25.9 Å². The van der Waals surface area contributed by atoms with Gasteiger partial charge in [0.2, 0.25) is 23.3 Å². The van der Waals surface area contributed by atoms with Crippen molar-refractivity contribution in [3.05, 3.63) is 76.2 Å². The van der Waals surface area contributed by atoms with E-state index < -0.39 is 52.9 Å². The van der Waals surface area contributed by atoms with Gasteiger partial charge in [-0.15, -0.1) is 0 Å². The lowest BCUT2D eigenvalue weighted by atomic mass is 9.84. The Bertz CT molecular complexity index is 2060. The quantitative estimate of drug-likeness (QED) is 0.0694. The van der Waals surface area contributed by atoms with Crippen LogP contribution in [0.3, 0.4) is 0 Å². The molecule has 0 aliphatic heterocycles. The van der Waals surface area contributed by atoms with Crippen molar-refractivity contribution >= 4 is 51.3 Å². The molecular weight excluding hydrogens is 729 g/mol. The Morgan fingerprint density at radius 2 is 1.62 bits per heavy atom. The number of hydrogen-bond donors (Lipinski definition) is 6. The third-order valence-electron chi connectivity index (χ3n) is 9.88. The van der Waals surface area contributed by atoms with Crippen LogP contribution in [-0.4, -0.2) is 58.0 Å². The first-order chi connectivity index (χ1) is 26.6. The van der Waals surface area contributed by atoms with E-state index in [-0.39, 0.29) is 47.8 Å². The van der Waals surface area contributed by atoms with E-state index in [2.05, 4.69) is 31.2 Å². The Balaban J connectivity index is 1.31. The second kappa shape index (κ2) is 18.5. The van der Waals surface area contributed by atoms with Crippen LogP contribution in [-0.2, 0) is 31.7 Å². The van der Waals surface area contributed by atoms with E-state index in [1.165, 1.54) is 12.1 Å². The fourth-order valence-electron chi connectivity index (χ4n) is 7.16. The van der Waals surface area contributed by atoms with Crippen molar-refractivity contribution in [3.63, 3.8) is 0 Å². The molecule has 6 N–H and O–H groups in total. The van der Waals surface area contributed by atoms with Crippen LogP contribution >= 0.6 is 0 Å². The SMILES string of the molecule is CC(C)(C)OC(=O)NCCCC[C@H](NC(=O)[C@H](CC1CCCCC1)NC(=O)CCc1c[nH]c2ccccc12)C(=O)Nc1ccc2c(C(F)(F)F)cc(=O)[nH]c2c1. The fourth-order valence-corrected chi connectivity index (χ4v) is 7.16. The molecule has 0 radical (unpaired) electrons. The zero-order valence-corrected chi connectivity index (χ0v) is 32.0. The number of carbonyl (C=O) groups is 4. The summed E-state index contributed by atoms with van der Waals surface area (Å²) in [7, 11) is 0. The Labute approximate surface area is 323 Å². The first-order valence-electron chi connectivity index (χ1n) is 19.2. The maximum Gasteiger partial charge on any atom is 0.417 e. The fraction of sp³-hybridized carbons (Fsp3) is 0.488. The van der Waals surface area contributed by atoms with Crippen molar-refractivity contribution in [3.8, 4) is 0 Å². The molecule has 4 aromatic rings. The molecule has 12 nitrogen and oxygen atoms in total. The average molecular weight is 781 g/mol. The number of ether oxygens (including phenoxy) is 1. The highest BCUT2D eigenvalue weighted by molar-refractivity contribution is 6.00. The molecule has 2 atom stereocenters. The van der Waals surface area contributed by atoms with Gasteiger partial charge < -0.3 is 36.0 Å². The summed E-state index contributed by atoms with van der Waals surface area (Å²) in [5.74, 6) is -1.26. The average Bonchev–Trinajstić information content (AvgIpc) is 3.55. The maximum absolute atomic E-state index is 14.1. The summed E-state index contributed by atoms with van der Waals surface area (Å²) in [5, 5.41) is 11.9. The van der Waals surface area contributed by atoms with Crippen LogP contribution < -0.4 is 26.8 Å². The monoisotopic (exact) mass is 780 g/mol. The number of rotatable bonds is 15. The molecule has 1 aliphatic carbocycles. The van der Waals surface area contributed by atoms with Crippen molar-refractivity contribution in [2.45, 2.75) is 115 Å². The third-order valence-corrected chi connectivity index (χ3v) is 9.88. The lowest BCUT2D eigenvalue weighted by Gasteiger charge is -2.28. The van der Waals surface area contributed by atoms with E-state index in [0.717, 1.165) is 54.6 Å². The number of alkyl halides is 3. The highest BCUT2D eigenvalue weighted by Crippen LogP contribution is 2.34. The summed E-state index contributed by atoms with van der Waals surface area (Å²) in [4.78, 5) is 71.0. The van der Waals surface area contributed by atoms with Crippen molar-refractivity contribution in [2.75, 3.05) is 11.9 Å². The van der Waals surface area contributed by atoms with Gasteiger partial charge >= 0.3 is 12.3 Å². The molecule has 56 heavy (non-hydrogen) atoms. The smallest absolute Gasteiger partial charge is 0.417 e. The molecule has 1 saturated carbocycles. The van der Waals surface area contributed by atoms with Gasteiger partial charge in [-0.05, 0) is 82.6 Å². The number of aromatic amines is 2. The van der Waals surface area contributed by atoms with E-state index in [9.17, 15) is 37.1 Å². The molecule has 1 aliphatic rings. The number of unbranched alkanes of at least 4 members (excludes halogenated alkanes) is 1. The Kier molecular flexibility index (Phi) is 13.8. The number of pyridine rings is 1. The summed E-state index contributed by atoms with van der Waals surface area (Å²) in [6, 6.07) is 9.92. The van der Waals surface area contributed by atoms with Crippen LogP contribution in [0.5, 0.6) is 0 Å². The van der Waals surface area contributed by atoms with Gasteiger partial charge in [0.05, 0.1) is 11.1 Å². The molecule has 0 bridgehead atoms. The molecular formula is C41H51F3N6O6. The summed E-state index contributed by atoms with van der Waals surface area (Å²) >= 11 is 0. The lowest BCUT2D eigenvalue weighted by molar-refractivity contribution is -0.136. The van der Waals surface area contributed by atoms with Gasteiger partial charge in [-0.3, -0.25) is 19.2 Å². The zero-order chi connectivity index (χ0) is 40.5. The van der Waals surface area contributed by atoms with Crippen molar-refractivity contribution in [2.24, 2.45) is 5.92 Å². The molecule has 0 saturated heterocycles. The minimum atomic E-state index is -4.77. The van der Waals surface area contributed by atoms with E-state index in [1.54, 1.807) is 20.8 Å².